The highest BCUT2D eigenvalue weighted by Gasteiger charge is 2.45. The third-order valence-corrected chi connectivity index (χ3v) is 6.32. The van der Waals surface area contributed by atoms with E-state index >= 15 is 0 Å². The van der Waals surface area contributed by atoms with Gasteiger partial charge in [0, 0.05) is 12.1 Å². The van der Waals surface area contributed by atoms with Crippen LogP contribution in [0.5, 0.6) is 11.5 Å². The second-order valence-electron chi connectivity index (χ2n) is 8.52. The summed E-state index contributed by atoms with van der Waals surface area (Å²) >= 11 is 0. The van der Waals surface area contributed by atoms with Crippen LogP contribution >= 0.6 is 0 Å². The van der Waals surface area contributed by atoms with E-state index in [1.807, 2.05) is 31.2 Å². The number of aliphatic hydroxyl groups is 1. The van der Waals surface area contributed by atoms with Gasteiger partial charge in [-0.25, -0.2) is 0 Å². The van der Waals surface area contributed by atoms with Gasteiger partial charge in [-0.05, 0) is 62.3 Å². The Morgan fingerprint density at radius 1 is 1.03 bits per heavy atom. The van der Waals surface area contributed by atoms with E-state index in [0.717, 1.165) is 43.8 Å². The van der Waals surface area contributed by atoms with Crippen molar-refractivity contribution in [2.24, 2.45) is 0 Å². The number of aliphatic hydroxyl groups excluding tert-OH is 1. The van der Waals surface area contributed by atoms with Crippen LogP contribution in [0.1, 0.15) is 50.8 Å². The molecule has 0 aliphatic carbocycles. The van der Waals surface area contributed by atoms with Crippen molar-refractivity contribution < 1.29 is 24.2 Å². The Kier molecular flexibility index (Phi) is 9.32. The molecule has 188 valence electrons. The Bertz CT molecular complexity index is 1040. The number of rotatable bonds is 12. The van der Waals surface area contributed by atoms with Gasteiger partial charge in [0.2, 0.25) is 0 Å². The fourth-order valence-corrected chi connectivity index (χ4v) is 4.35. The second-order valence-corrected chi connectivity index (χ2v) is 8.52. The van der Waals surface area contributed by atoms with Crippen LogP contribution in [0.3, 0.4) is 0 Å². The van der Waals surface area contributed by atoms with Gasteiger partial charge in [-0.15, -0.1) is 0 Å². The van der Waals surface area contributed by atoms with Crippen LogP contribution in [0.2, 0.25) is 0 Å². The van der Waals surface area contributed by atoms with Gasteiger partial charge in [0.25, 0.3) is 11.7 Å². The number of benzene rings is 2. The van der Waals surface area contributed by atoms with Gasteiger partial charge in [0.15, 0.2) is 0 Å². The number of carbonyl (C=O) groups is 2. The number of amides is 1. The molecule has 0 spiro atoms. The first-order chi connectivity index (χ1) is 16.9. The maximum Gasteiger partial charge on any atom is 0.295 e. The molecule has 1 unspecified atom stereocenters. The topological polar surface area (TPSA) is 79.3 Å². The lowest BCUT2D eigenvalue weighted by Crippen LogP contribution is -2.33. The summed E-state index contributed by atoms with van der Waals surface area (Å²) in [6.07, 6.45) is 1.62. The summed E-state index contributed by atoms with van der Waals surface area (Å²) in [7, 11) is 1.54. The molecule has 0 bridgehead atoms. The van der Waals surface area contributed by atoms with Crippen LogP contribution in [0.4, 0.5) is 0 Å². The molecule has 7 heteroatoms. The molecule has 1 fully saturated rings. The molecule has 0 radical (unpaired) electrons. The molecule has 0 aromatic heterocycles. The summed E-state index contributed by atoms with van der Waals surface area (Å²) in [4.78, 5) is 30.2. The number of hydrogen-bond donors (Lipinski definition) is 1. The highest BCUT2D eigenvalue weighted by molar-refractivity contribution is 6.46. The van der Waals surface area contributed by atoms with E-state index in [4.69, 9.17) is 9.47 Å². The zero-order valence-electron chi connectivity index (χ0n) is 21.1. The SMILES string of the molecule is CCCOc1ccc(C2C(=C(O)c3cccc(OC)c3)C(=O)C(=O)N2CCCN(CC)CC)cc1. The number of carbonyl (C=O) groups excluding carboxylic acids is 2. The Hall–Kier alpha value is -3.32. The molecule has 7 nitrogen and oxygen atoms in total. The van der Waals surface area contributed by atoms with Crippen molar-refractivity contribution in [3.8, 4) is 11.5 Å². The van der Waals surface area contributed by atoms with E-state index in [0.29, 0.717) is 24.5 Å². The first kappa shape index (κ1) is 26.3. The molecule has 3 rings (SSSR count). The first-order valence-corrected chi connectivity index (χ1v) is 12.3. The average Bonchev–Trinajstić information content (AvgIpc) is 3.14. The van der Waals surface area contributed by atoms with Gasteiger partial charge in [-0.2, -0.15) is 0 Å². The largest absolute Gasteiger partial charge is 0.507 e. The average molecular weight is 481 g/mol. The third kappa shape index (κ3) is 6.03. The lowest BCUT2D eigenvalue weighted by atomic mass is 9.95. The number of ketones is 1. The quantitative estimate of drug-likeness (QED) is 0.271. The molecular weight excluding hydrogens is 444 g/mol. The molecule has 1 N–H and O–H groups in total. The fraction of sp³-hybridized carbons (Fsp3) is 0.429. The molecule has 1 atom stereocenters. The van der Waals surface area contributed by atoms with Gasteiger partial charge >= 0.3 is 0 Å². The van der Waals surface area contributed by atoms with Crippen LogP contribution in [-0.2, 0) is 9.59 Å². The van der Waals surface area contributed by atoms with Crippen LogP contribution < -0.4 is 9.47 Å². The van der Waals surface area contributed by atoms with Crippen molar-refractivity contribution in [1.82, 2.24) is 9.80 Å². The molecule has 0 saturated carbocycles. The van der Waals surface area contributed by atoms with Crippen molar-refractivity contribution in [2.75, 3.05) is 39.9 Å². The summed E-state index contributed by atoms with van der Waals surface area (Å²) in [6.45, 7) is 9.94. The van der Waals surface area contributed by atoms with Crippen molar-refractivity contribution >= 4 is 17.4 Å². The van der Waals surface area contributed by atoms with Gasteiger partial charge in [0.05, 0.1) is 25.3 Å². The molecule has 1 amide bonds. The summed E-state index contributed by atoms with van der Waals surface area (Å²) in [6, 6.07) is 13.6. The third-order valence-electron chi connectivity index (χ3n) is 6.32. The Morgan fingerprint density at radius 3 is 2.37 bits per heavy atom. The Morgan fingerprint density at radius 2 is 1.74 bits per heavy atom. The Labute approximate surface area is 207 Å². The lowest BCUT2D eigenvalue weighted by molar-refractivity contribution is -0.140. The van der Waals surface area contributed by atoms with E-state index in [1.54, 1.807) is 29.2 Å². The zero-order chi connectivity index (χ0) is 25.4. The van der Waals surface area contributed by atoms with Crippen LogP contribution in [0, 0.1) is 0 Å². The summed E-state index contributed by atoms with van der Waals surface area (Å²) in [5.74, 6) is -0.196. The molecule has 1 aliphatic rings. The smallest absolute Gasteiger partial charge is 0.295 e. The van der Waals surface area contributed by atoms with Gasteiger partial charge in [-0.3, -0.25) is 9.59 Å². The van der Waals surface area contributed by atoms with E-state index < -0.39 is 17.7 Å². The van der Waals surface area contributed by atoms with Crippen LogP contribution in [0.15, 0.2) is 54.1 Å². The summed E-state index contributed by atoms with van der Waals surface area (Å²) in [5.41, 5.74) is 1.27. The number of Topliss-reactive ketones (excluding diaryl/α,β-unsaturated/α-hetero) is 1. The number of methoxy groups -OCH3 is 1. The van der Waals surface area contributed by atoms with E-state index in [9.17, 15) is 14.7 Å². The number of nitrogens with zero attached hydrogens (tertiary/aromatic N) is 2. The highest BCUT2D eigenvalue weighted by Crippen LogP contribution is 2.40. The molecule has 2 aromatic rings. The van der Waals surface area contributed by atoms with E-state index in [2.05, 4.69) is 18.7 Å². The summed E-state index contributed by atoms with van der Waals surface area (Å²) < 4.78 is 11.0. The normalized spacial score (nSPS) is 17.3. The van der Waals surface area contributed by atoms with E-state index in [-0.39, 0.29) is 11.3 Å². The minimum Gasteiger partial charge on any atom is -0.507 e. The Balaban J connectivity index is 2.01. The molecule has 2 aromatic carbocycles. The van der Waals surface area contributed by atoms with Crippen LogP contribution in [0.25, 0.3) is 5.76 Å². The maximum absolute atomic E-state index is 13.2. The van der Waals surface area contributed by atoms with Gasteiger partial charge in [-0.1, -0.05) is 45.0 Å². The second kappa shape index (κ2) is 12.4. The fourth-order valence-electron chi connectivity index (χ4n) is 4.35. The highest BCUT2D eigenvalue weighted by atomic mass is 16.5. The van der Waals surface area contributed by atoms with Crippen molar-refractivity contribution in [2.45, 2.75) is 39.7 Å². The zero-order valence-corrected chi connectivity index (χ0v) is 21.1. The minimum atomic E-state index is -0.682. The first-order valence-electron chi connectivity index (χ1n) is 12.3. The maximum atomic E-state index is 13.2. The van der Waals surface area contributed by atoms with Gasteiger partial charge < -0.3 is 24.4 Å². The number of hydrogen-bond acceptors (Lipinski definition) is 6. The number of ether oxygens (including phenoxy) is 2. The summed E-state index contributed by atoms with van der Waals surface area (Å²) in [5, 5.41) is 11.2. The predicted molar refractivity (Wildman–Crippen MR) is 137 cm³/mol. The van der Waals surface area contributed by atoms with Crippen molar-refractivity contribution in [3.05, 3.63) is 65.2 Å². The van der Waals surface area contributed by atoms with Gasteiger partial charge in [0.1, 0.15) is 17.3 Å². The monoisotopic (exact) mass is 480 g/mol. The minimum absolute atomic E-state index is 0.0910. The molecule has 1 saturated heterocycles. The molecular formula is C28H36N2O5. The number of likely N-dealkylation sites (tertiary alicyclic amines) is 1. The molecule has 1 aliphatic heterocycles. The lowest BCUT2D eigenvalue weighted by Gasteiger charge is -2.27. The predicted octanol–water partition coefficient (Wildman–Crippen LogP) is 4.64. The van der Waals surface area contributed by atoms with Crippen molar-refractivity contribution in [1.29, 1.82) is 0 Å². The van der Waals surface area contributed by atoms with E-state index in [1.165, 1.54) is 7.11 Å². The standard InChI is InChI=1S/C28H36N2O5/c1-5-18-35-22-14-12-20(13-15-22)25-24(26(31)21-10-8-11-23(19-21)34-4)27(32)28(33)30(25)17-9-16-29(6-2)7-3/h8,10-15,19,25,31H,5-7,9,16-18H2,1-4H3. The molecule has 1 heterocycles. The molecule has 35 heavy (non-hydrogen) atoms. The van der Waals surface area contributed by atoms with Crippen molar-refractivity contribution in [3.63, 3.8) is 0 Å². The van der Waals surface area contributed by atoms with Crippen LogP contribution in [-0.4, -0.2) is 66.5 Å².